The molecule has 0 fully saturated rings. The zero-order valence-electron chi connectivity index (χ0n) is 6.22. The summed E-state index contributed by atoms with van der Waals surface area (Å²) in [5.74, 6) is 2.45. The van der Waals surface area contributed by atoms with Crippen LogP contribution in [0.1, 0.15) is 13.3 Å². The maximum Gasteiger partial charge on any atom is 0.0654 e. The molecule has 0 radical (unpaired) electrons. The van der Waals surface area contributed by atoms with E-state index in [4.69, 9.17) is 11.5 Å². The second kappa shape index (κ2) is 4.84. The summed E-state index contributed by atoms with van der Waals surface area (Å²) in [6.07, 6.45) is 7.36. The van der Waals surface area contributed by atoms with Crippen LogP contribution in [-0.2, 0) is 0 Å². The maximum absolute atomic E-state index is 8.70. The van der Waals surface area contributed by atoms with Gasteiger partial charge in [0.15, 0.2) is 0 Å². The van der Waals surface area contributed by atoms with Crippen LogP contribution in [0.4, 0.5) is 0 Å². The van der Waals surface area contributed by atoms with Gasteiger partial charge >= 0.3 is 0 Å². The highest BCUT2D eigenvalue weighted by Crippen LogP contribution is 2.02. The first-order valence-electron chi connectivity index (χ1n) is 3.10. The summed E-state index contributed by atoms with van der Waals surface area (Å²) < 4.78 is 0. The molecule has 0 saturated heterocycles. The van der Waals surface area contributed by atoms with Gasteiger partial charge in [-0.3, -0.25) is 0 Å². The van der Waals surface area contributed by atoms with Crippen molar-refractivity contribution in [1.29, 1.82) is 0 Å². The molecule has 10 heavy (non-hydrogen) atoms. The number of allylic oxidation sites excluding steroid dienone is 2. The SMILES string of the molecule is C#CC/C(=C\C(=C)C)CO. The molecule has 54 valence electrons. The van der Waals surface area contributed by atoms with E-state index in [2.05, 4.69) is 12.5 Å². The minimum absolute atomic E-state index is 0.0249. The molecule has 0 aromatic heterocycles. The summed E-state index contributed by atoms with van der Waals surface area (Å²) in [6.45, 7) is 5.56. The Hall–Kier alpha value is -1.00. The van der Waals surface area contributed by atoms with Gasteiger partial charge in [0.1, 0.15) is 0 Å². The van der Waals surface area contributed by atoms with Gasteiger partial charge in [0.25, 0.3) is 0 Å². The van der Waals surface area contributed by atoms with Crippen LogP contribution in [0.3, 0.4) is 0 Å². The van der Waals surface area contributed by atoms with E-state index < -0.39 is 0 Å². The van der Waals surface area contributed by atoms with Crippen LogP contribution < -0.4 is 0 Å². The average Bonchev–Trinajstić information content (AvgIpc) is 1.86. The summed E-state index contributed by atoms with van der Waals surface area (Å²) in [6, 6.07) is 0. The Bertz CT molecular complexity index is 181. The molecule has 0 aromatic rings. The van der Waals surface area contributed by atoms with Crippen molar-refractivity contribution in [1.82, 2.24) is 0 Å². The lowest BCUT2D eigenvalue weighted by molar-refractivity contribution is 0.329. The van der Waals surface area contributed by atoms with E-state index in [-0.39, 0.29) is 6.61 Å². The lowest BCUT2D eigenvalue weighted by Crippen LogP contribution is -1.88. The fourth-order valence-electron chi connectivity index (χ4n) is 0.632. The molecule has 0 spiro atoms. The Labute approximate surface area is 62.1 Å². The van der Waals surface area contributed by atoms with Crippen molar-refractivity contribution in [3.8, 4) is 12.3 Å². The largest absolute Gasteiger partial charge is 0.392 e. The molecule has 0 aromatic carbocycles. The molecule has 0 bridgehead atoms. The van der Waals surface area contributed by atoms with E-state index in [9.17, 15) is 0 Å². The Morgan fingerprint density at radius 2 is 2.40 bits per heavy atom. The normalized spacial score (nSPS) is 10.7. The Balaban J connectivity index is 4.07. The predicted molar refractivity (Wildman–Crippen MR) is 43.4 cm³/mol. The van der Waals surface area contributed by atoms with Crippen LogP contribution in [-0.4, -0.2) is 11.7 Å². The standard InChI is InChI=1S/C9H12O/c1-4-5-9(7-10)6-8(2)3/h1,6,10H,2,5,7H2,3H3/b9-6+. The van der Waals surface area contributed by atoms with Crippen molar-refractivity contribution in [3.63, 3.8) is 0 Å². The molecule has 0 unspecified atom stereocenters. The summed E-state index contributed by atoms with van der Waals surface area (Å²) in [4.78, 5) is 0. The molecule has 0 aliphatic heterocycles. The number of aliphatic hydroxyl groups is 1. The number of terminal acetylenes is 1. The topological polar surface area (TPSA) is 20.2 Å². The van der Waals surface area contributed by atoms with Crippen LogP contribution in [0.15, 0.2) is 23.8 Å². The van der Waals surface area contributed by atoms with E-state index in [0.717, 1.165) is 11.1 Å². The van der Waals surface area contributed by atoms with Gasteiger partial charge in [-0.15, -0.1) is 12.3 Å². The van der Waals surface area contributed by atoms with Crippen molar-refractivity contribution in [2.45, 2.75) is 13.3 Å². The van der Waals surface area contributed by atoms with Crippen LogP contribution in [0.25, 0.3) is 0 Å². The zero-order valence-corrected chi connectivity index (χ0v) is 6.22. The molecule has 1 nitrogen and oxygen atoms in total. The van der Waals surface area contributed by atoms with E-state index >= 15 is 0 Å². The minimum Gasteiger partial charge on any atom is -0.392 e. The van der Waals surface area contributed by atoms with Crippen LogP contribution in [0, 0.1) is 12.3 Å². The molecule has 0 saturated carbocycles. The highest BCUT2D eigenvalue weighted by atomic mass is 16.3. The average molecular weight is 136 g/mol. The summed E-state index contributed by atoms with van der Waals surface area (Å²) in [5, 5.41) is 8.70. The van der Waals surface area contributed by atoms with Crippen molar-refractivity contribution >= 4 is 0 Å². The second-order valence-corrected chi connectivity index (χ2v) is 2.19. The first-order valence-corrected chi connectivity index (χ1v) is 3.10. The number of hydrogen-bond donors (Lipinski definition) is 1. The molecular weight excluding hydrogens is 124 g/mol. The van der Waals surface area contributed by atoms with Gasteiger partial charge < -0.3 is 5.11 Å². The molecule has 0 atom stereocenters. The molecule has 0 aliphatic carbocycles. The van der Waals surface area contributed by atoms with E-state index in [1.54, 1.807) is 6.08 Å². The lowest BCUT2D eigenvalue weighted by Gasteiger charge is -1.96. The van der Waals surface area contributed by atoms with Gasteiger partial charge in [0.2, 0.25) is 0 Å². The summed E-state index contributed by atoms with van der Waals surface area (Å²) in [5.41, 5.74) is 1.76. The lowest BCUT2D eigenvalue weighted by atomic mass is 10.1. The molecular formula is C9H12O. The molecule has 1 N–H and O–H groups in total. The van der Waals surface area contributed by atoms with Gasteiger partial charge in [-0.25, -0.2) is 0 Å². The third-order valence-electron chi connectivity index (χ3n) is 0.983. The molecule has 0 aliphatic rings. The third kappa shape index (κ3) is 3.94. The van der Waals surface area contributed by atoms with Crippen molar-refractivity contribution in [2.24, 2.45) is 0 Å². The predicted octanol–water partition coefficient (Wildman–Crippen LogP) is 1.50. The van der Waals surface area contributed by atoms with Gasteiger partial charge in [-0.1, -0.05) is 18.2 Å². The second-order valence-electron chi connectivity index (χ2n) is 2.19. The van der Waals surface area contributed by atoms with Crippen LogP contribution in [0.5, 0.6) is 0 Å². The third-order valence-corrected chi connectivity index (χ3v) is 0.983. The first kappa shape index (κ1) is 9.00. The van der Waals surface area contributed by atoms with Crippen molar-refractivity contribution in [2.75, 3.05) is 6.61 Å². The quantitative estimate of drug-likeness (QED) is 0.460. The summed E-state index contributed by atoms with van der Waals surface area (Å²) >= 11 is 0. The maximum atomic E-state index is 8.70. The van der Waals surface area contributed by atoms with Crippen LogP contribution >= 0.6 is 0 Å². The Kier molecular flexibility index (Phi) is 4.36. The minimum atomic E-state index is 0.0249. The fraction of sp³-hybridized carbons (Fsp3) is 0.333. The Morgan fingerprint density at radius 1 is 1.80 bits per heavy atom. The number of hydrogen-bond acceptors (Lipinski definition) is 1. The van der Waals surface area contributed by atoms with Crippen LogP contribution in [0.2, 0.25) is 0 Å². The fourth-order valence-corrected chi connectivity index (χ4v) is 0.632. The number of rotatable bonds is 3. The van der Waals surface area contributed by atoms with E-state index in [1.807, 2.05) is 6.92 Å². The molecule has 0 rings (SSSR count). The zero-order chi connectivity index (χ0) is 7.98. The Morgan fingerprint density at radius 3 is 2.70 bits per heavy atom. The van der Waals surface area contributed by atoms with Gasteiger partial charge in [0.05, 0.1) is 6.61 Å². The van der Waals surface area contributed by atoms with Gasteiger partial charge in [-0.2, -0.15) is 0 Å². The van der Waals surface area contributed by atoms with Crippen molar-refractivity contribution < 1.29 is 5.11 Å². The first-order chi connectivity index (χ1) is 4.70. The summed E-state index contributed by atoms with van der Waals surface area (Å²) in [7, 11) is 0. The number of aliphatic hydroxyl groups excluding tert-OH is 1. The monoisotopic (exact) mass is 136 g/mol. The smallest absolute Gasteiger partial charge is 0.0654 e. The van der Waals surface area contributed by atoms with Gasteiger partial charge in [0, 0.05) is 6.42 Å². The van der Waals surface area contributed by atoms with E-state index in [0.29, 0.717) is 6.42 Å². The van der Waals surface area contributed by atoms with Crippen molar-refractivity contribution in [3.05, 3.63) is 23.8 Å². The highest BCUT2D eigenvalue weighted by molar-refractivity contribution is 5.22. The molecule has 0 amide bonds. The highest BCUT2D eigenvalue weighted by Gasteiger charge is 1.90. The molecule has 1 heteroatoms. The molecule has 0 heterocycles. The van der Waals surface area contributed by atoms with Gasteiger partial charge in [-0.05, 0) is 12.5 Å². The van der Waals surface area contributed by atoms with E-state index in [1.165, 1.54) is 0 Å².